The molecule has 2 saturated heterocycles. The number of hydrogen-bond acceptors (Lipinski definition) is 4. The molecule has 0 aliphatic carbocycles. The second-order valence-electron chi connectivity index (χ2n) is 7.75. The molecular weight excluding hydrogens is 496 g/mol. The molecule has 2 aliphatic heterocycles. The largest absolute Gasteiger partial charge is 0.378 e. The zero-order valence-corrected chi connectivity index (χ0v) is 20.9. The standard InChI is InChI=1S/C22H36FN5O.HI/c1-4-26-12-14-27(15-13-26)21-7-6-18(16-20(21)23)17-25-22(24-3)28-10-8-19(9-11-28)29-5-2;/h6-7,16,19H,4-5,8-15,17H2,1-3H3,(H,24,25);1H. The number of anilines is 1. The Morgan fingerprint density at radius 3 is 2.40 bits per heavy atom. The number of ether oxygens (including phenoxy) is 1. The Kier molecular flexibility index (Phi) is 10.6. The Morgan fingerprint density at radius 1 is 1.13 bits per heavy atom. The van der Waals surface area contributed by atoms with Gasteiger partial charge in [0, 0.05) is 59.5 Å². The maximum Gasteiger partial charge on any atom is 0.193 e. The van der Waals surface area contributed by atoms with Crippen LogP contribution in [0.15, 0.2) is 23.2 Å². The summed E-state index contributed by atoms with van der Waals surface area (Å²) in [7, 11) is 1.80. The molecule has 2 heterocycles. The monoisotopic (exact) mass is 533 g/mol. The molecule has 6 nitrogen and oxygen atoms in total. The smallest absolute Gasteiger partial charge is 0.193 e. The van der Waals surface area contributed by atoms with Crippen LogP contribution >= 0.6 is 24.0 Å². The quantitative estimate of drug-likeness (QED) is 0.346. The van der Waals surface area contributed by atoms with Gasteiger partial charge in [0.2, 0.25) is 0 Å². The van der Waals surface area contributed by atoms with Gasteiger partial charge in [0.25, 0.3) is 0 Å². The summed E-state index contributed by atoms with van der Waals surface area (Å²) >= 11 is 0. The summed E-state index contributed by atoms with van der Waals surface area (Å²) in [6, 6.07) is 5.60. The van der Waals surface area contributed by atoms with Gasteiger partial charge in [-0.3, -0.25) is 4.99 Å². The number of piperazine rings is 1. The van der Waals surface area contributed by atoms with Gasteiger partial charge in [0.05, 0.1) is 11.8 Å². The van der Waals surface area contributed by atoms with Crippen LogP contribution in [-0.2, 0) is 11.3 Å². The fourth-order valence-corrected chi connectivity index (χ4v) is 4.21. The van der Waals surface area contributed by atoms with Gasteiger partial charge in [0.1, 0.15) is 5.82 Å². The number of benzene rings is 1. The summed E-state index contributed by atoms with van der Waals surface area (Å²) in [5.74, 6) is 0.738. The first kappa shape index (κ1) is 25.1. The number of aliphatic imine (C=N–C) groups is 1. The molecule has 0 spiro atoms. The molecule has 0 saturated carbocycles. The van der Waals surface area contributed by atoms with E-state index in [2.05, 4.69) is 31.9 Å². The molecule has 2 fully saturated rings. The number of nitrogens with zero attached hydrogens (tertiary/aromatic N) is 4. The molecule has 0 aromatic heterocycles. The van der Waals surface area contributed by atoms with Crippen LogP contribution in [0.5, 0.6) is 0 Å². The molecule has 8 heteroatoms. The number of likely N-dealkylation sites (tertiary alicyclic amines) is 1. The first-order valence-corrected chi connectivity index (χ1v) is 11.0. The molecule has 0 unspecified atom stereocenters. The van der Waals surface area contributed by atoms with Crippen LogP contribution in [-0.4, -0.2) is 81.3 Å². The van der Waals surface area contributed by atoms with E-state index in [1.807, 2.05) is 19.1 Å². The highest BCUT2D eigenvalue weighted by Crippen LogP contribution is 2.22. The maximum absolute atomic E-state index is 14.8. The lowest BCUT2D eigenvalue weighted by atomic mass is 10.1. The first-order chi connectivity index (χ1) is 14.1. The molecule has 0 bridgehead atoms. The normalized spacial score (nSPS) is 19.0. The minimum Gasteiger partial charge on any atom is -0.378 e. The van der Waals surface area contributed by atoms with Gasteiger partial charge < -0.3 is 24.8 Å². The van der Waals surface area contributed by atoms with Crippen molar-refractivity contribution in [1.82, 2.24) is 15.1 Å². The topological polar surface area (TPSA) is 43.3 Å². The number of hydrogen-bond donors (Lipinski definition) is 1. The maximum atomic E-state index is 14.8. The van der Waals surface area contributed by atoms with Crippen LogP contribution in [0.3, 0.4) is 0 Å². The average molecular weight is 533 g/mol. The van der Waals surface area contributed by atoms with Crippen molar-refractivity contribution in [2.24, 2.45) is 4.99 Å². The minimum absolute atomic E-state index is 0. The molecule has 170 valence electrons. The molecular formula is C22H37FIN5O. The van der Waals surface area contributed by atoms with E-state index in [0.717, 1.165) is 76.8 Å². The third-order valence-electron chi connectivity index (χ3n) is 5.98. The van der Waals surface area contributed by atoms with Crippen molar-refractivity contribution < 1.29 is 9.13 Å². The number of likely N-dealkylation sites (N-methyl/N-ethyl adjacent to an activating group) is 1. The van der Waals surface area contributed by atoms with Crippen molar-refractivity contribution in [2.45, 2.75) is 39.3 Å². The lowest BCUT2D eigenvalue weighted by molar-refractivity contribution is 0.0263. The molecule has 2 aliphatic rings. The zero-order chi connectivity index (χ0) is 20.6. The van der Waals surface area contributed by atoms with E-state index in [4.69, 9.17) is 4.74 Å². The second-order valence-corrected chi connectivity index (χ2v) is 7.75. The van der Waals surface area contributed by atoms with Gasteiger partial charge in [-0.2, -0.15) is 0 Å². The predicted molar refractivity (Wildman–Crippen MR) is 133 cm³/mol. The molecule has 0 atom stereocenters. The van der Waals surface area contributed by atoms with Gasteiger partial charge in [-0.1, -0.05) is 13.0 Å². The fraction of sp³-hybridized carbons (Fsp3) is 0.682. The molecule has 1 aromatic rings. The number of rotatable bonds is 6. The van der Waals surface area contributed by atoms with Crippen LogP contribution < -0.4 is 10.2 Å². The van der Waals surface area contributed by atoms with Crippen molar-refractivity contribution in [1.29, 1.82) is 0 Å². The van der Waals surface area contributed by atoms with Gasteiger partial charge in [-0.25, -0.2) is 4.39 Å². The van der Waals surface area contributed by atoms with Crippen LogP contribution in [0.2, 0.25) is 0 Å². The van der Waals surface area contributed by atoms with Gasteiger partial charge in [-0.05, 0) is 44.0 Å². The fourth-order valence-electron chi connectivity index (χ4n) is 4.21. The Labute approximate surface area is 197 Å². The van der Waals surface area contributed by atoms with Crippen molar-refractivity contribution in [2.75, 3.05) is 64.4 Å². The van der Waals surface area contributed by atoms with Crippen LogP contribution in [0.4, 0.5) is 10.1 Å². The van der Waals surface area contributed by atoms with E-state index in [0.29, 0.717) is 18.3 Å². The van der Waals surface area contributed by atoms with E-state index in [-0.39, 0.29) is 29.8 Å². The summed E-state index contributed by atoms with van der Waals surface area (Å²) in [4.78, 5) is 11.2. The third kappa shape index (κ3) is 6.68. The Bertz CT molecular complexity index is 673. The number of guanidine groups is 1. The number of nitrogens with one attached hydrogen (secondary N) is 1. The highest BCUT2D eigenvalue weighted by atomic mass is 127. The second kappa shape index (κ2) is 12.7. The number of piperidine rings is 1. The van der Waals surface area contributed by atoms with Gasteiger partial charge in [-0.15, -0.1) is 24.0 Å². The van der Waals surface area contributed by atoms with Crippen LogP contribution in [0.1, 0.15) is 32.3 Å². The van der Waals surface area contributed by atoms with Gasteiger partial charge in [0.15, 0.2) is 5.96 Å². The molecule has 1 N–H and O–H groups in total. The lowest BCUT2D eigenvalue weighted by Crippen LogP contribution is -2.47. The summed E-state index contributed by atoms with van der Waals surface area (Å²) in [5.41, 5.74) is 1.65. The highest BCUT2D eigenvalue weighted by Gasteiger charge is 2.22. The lowest BCUT2D eigenvalue weighted by Gasteiger charge is -2.35. The summed E-state index contributed by atoms with van der Waals surface area (Å²) in [6.07, 6.45) is 2.39. The number of halogens is 2. The van der Waals surface area contributed by atoms with E-state index < -0.39 is 0 Å². The van der Waals surface area contributed by atoms with E-state index in [1.54, 1.807) is 13.1 Å². The van der Waals surface area contributed by atoms with E-state index in [9.17, 15) is 4.39 Å². The molecule has 3 rings (SSSR count). The highest BCUT2D eigenvalue weighted by molar-refractivity contribution is 14.0. The van der Waals surface area contributed by atoms with Crippen molar-refractivity contribution in [3.8, 4) is 0 Å². The first-order valence-electron chi connectivity index (χ1n) is 11.0. The van der Waals surface area contributed by atoms with Crippen molar-refractivity contribution in [3.63, 3.8) is 0 Å². The van der Waals surface area contributed by atoms with Gasteiger partial charge >= 0.3 is 0 Å². The minimum atomic E-state index is -0.137. The Morgan fingerprint density at radius 2 is 1.83 bits per heavy atom. The van der Waals surface area contributed by atoms with Crippen LogP contribution in [0.25, 0.3) is 0 Å². The zero-order valence-electron chi connectivity index (χ0n) is 18.6. The molecule has 30 heavy (non-hydrogen) atoms. The van der Waals surface area contributed by atoms with Crippen LogP contribution in [0, 0.1) is 5.82 Å². The molecule has 1 aromatic carbocycles. The van der Waals surface area contributed by atoms with Crippen molar-refractivity contribution in [3.05, 3.63) is 29.6 Å². The molecule has 0 amide bonds. The summed E-state index contributed by atoms with van der Waals surface area (Å²) in [5, 5.41) is 3.39. The predicted octanol–water partition coefficient (Wildman–Crippen LogP) is 3.16. The summed E-state index contributed by atoms with van der Waals surface area (Å²) in [6.45, 7) is 12.2. The molecule has 0 radical (unpaired) electrons. The van der Waals surface area contributed by atoms with E-state index in [1.165, 1.54) is 0 Å². The van der Waals surface area contributed by atoms with Crippen molar-refractivity contribution >= 4 is 35.6 Å². The third-order valence-corrected chi connectivity index (χ3v) is 5.98. The van der Waals surface area contributed by atoms with E-state index >= 15 is 0 Å². The average Bonchev–Trinajstić information content (AvgIpc) is 2.76. The Balaban J connectivity index is 0.00000320. The Hall–Kier alpha value is -1.13. The SMILES string of the molecule is CCOC1CCN(C(=NC)NCc2ccc(N3CCN(CC)CC3)c(F)c2)CC1.I. The summed E-state index contributed by atoms with van der Waals surface area (Å²) < 4.78 is 20.5.